The second-order valence-electron chi connectivity index (χ2n) is 8.09. The SMILES string of the molecule is O=C1CCc2cc(C(=O)NC3CCC[C@H](c4nc5ccccc5[nH]4)C3)ccc2N1. The summed E-state index contributed by atoms with van der Waals surface area (Å²) in [7, 11) is 0. The zero-order chi connectivity index (χ0) is 19.8. The Balaban J connectivity index is 1.28. The average molecular weight is 388 g/mol. The minimum atomic E-state index is -0.0417. The Bertz CT molecular complexity index is 1050. The standard InChI is InChI=1S/C23H24N4O2/c28-21-11-9-14-12-16(8-10-18(14)25-21)23(29)24-17-5-3-4-15(13-17)22-26-19-6-1-2-7-20(19)27-22/h1-2,6-8,10,12,15,17H,3-5,9,11,13H2,(H,24,29)(H,25,28)(H,26,27)/t15-,17?/m0/s1. The number of aromatic nitrogens is 2. The van der Waals surface area contributed by atoms with Crippen molar-refractivity contribution in [2.75, 3.05) is 5.32 Å². The second-order valence-corrected chi connectivity index (χ2v) is 8.09. The van der Waals surface area contributed by atoms with Crippen LogP contribution in [0.5, 0.6) is 0 Å². The normalized spacial score (nSPS) is 21.4. The smallest absolute Gasteiger partial charge is 0.251 e. The Morgan fingerprint density at radius 1 is 1.10 bits per heavy atom. The molecule has 1 aliphatic carbocycles. The molecule has 0 spiro atoms. The van der Waals surface area contributed by atoms with Crippen molar-refractivity contribution in [2.24, 2.45) is 0 Å². The number of anilines is 1. The number of aryl methyl sites for hydroxylation is 1. The average Bonchev–Trinajstić information content (AvgIpc) is 3.18. The first kappa shape index (κ1) is 17.9. The Labute approximate surface area is 169 Å². The van der Waals surface area contributed by atoms with Crippen molar-refractivity contribution in [1.29, 1.82) is 0 Å². The third-order valence-electron chi connectivity index (χ3n) is 6.07. The van der Waals surface area contributed by atoms with Gasteiger partial charge in [0.2, 0.25) is 5.91 Å². The maximum absolute atomic E-state index is 12.8. The van der Waals surface area contributed by atoms with Gasteiger partial charge in [-0.1, -0.05) is 18.6 Å². The van der Waals surface area contributed by atoms with E-state index in [2.05, 4.69) is 15.6 Å². The summed E-state index contributed by atoms with van der Waals surface area (Å²) in [5.41, 5.74) is 4.57. The van der Waals surface area contributed by atoms with Crippen molar-refractivity contribution in [2.45, 2.75) is 50.5 Å². The van der Waals surface area contributed by atoms with Gasteiger partial charge in [-0.3, -0.25) is 9.59 Å². The number of carbonyl (C=O) groups excluding carboxylic acids is 2. The van der Waals surface area contributed by atoms with Gasteiger partial charge in [-0.15, -0.1) is 0 Å². The molecule has 1 aromatic heterocycles. The topological polar surface area (TPSA) is 86.9 Å². The van der Waals surface area contributed by atoms with Gasteiger partial charge in [0.25, 0.3) is 5.91 Å². The highest BCUT2D eigenvalue weighted by Gasteiger charge is 2.27. The number of imidazole rings is 1. The molecule has 3 N–H and O–H groups in total. The van der Waals surface area contributed by atoms with Crippen LogP contribution in [-0.2, 0) is 11.2 Å². The third kappa shape index (κ3) is 3.62. The van der Waals surface area contributed by atoms with Gasteiger partial charge < -0.3 is 15.6 Å². The maximum Gasteiger partial charge on any atom is 0.251 e. The Morgan fingerprint density at radius 2 is 2.00 bits per heavy atom. The summed E-state index contributed by atoms with van der Waals surface area (Å²) in [6.07, 6.45) is 5.20. The van der Waals surface area contributed by atoms with E-state index in [0.717, 1.165) is 53.8 Å². The van der Waals surface area contributed by atoms with Gasteiger partial charge in [0.05, 0.1) is 11.0 Å². The monoisotopic (exact) mass is 388 g/mol. The van der Waals surface area contributed by atoms with Crippen LogP contribution in [0.3, 0.4) is 0 Å². The number of hydrogen-bond donors (Lipinski definition) is 3. The number of nitrogens with zero attached hydrogens (tertiary/aromatic N) is 1. The summed E-state index contributed by atoms with van der Waals surface area (Å²) in [5.74, 6) is 1.35. The molecule has 2 amide bonds. The quantitative estimate of drug-likeness (QED) is 0.636. The van der Waals surface area contributed by atoms with Crippen LogP contribution in [0.15, 0.2) is 42.5 Å². The van der Waals surface area contributed by atoms with E-state index in [1.165, 1.54) is 0 Å². The Kier molecular flexibility index (Phi) is 4.54. The Hall–Kier alpha value is -3.15. The molecule has 2 aliphatic rings. The lowest BCUT2D eigenvalue weighted by molar-refractivity contribution is -0.116. The fourth-order valence-electron chi connectivity index (χ4n) is 4.53. The number of H-pyrrole nitrogens is 1. The summed E-state index contributed by atoms with van der Waals surface area (Å²) >= 11 is 0. The first-order valence-corrected chi connectivity index (χ1v) is 10.3. The number of carbonyl (C=O) groups is 2. The van der Waals surface area contributed by atoms with Crippen LogP contribution in [0.2, 0.25) is 0 Å². The number of nitrogens with one attached hydrogen (secondary N) is 3. The van der Waals surface area contributed by atoms with E-state index in [0.29, 0.717) is 24.3 Å². The fourth-order valence-corrected chi connectivity index (χ4v) is 4.53. The highest BCUT2D eigenvalue weighted by molar-refractivity contribution is 5.98. The van der Waals surface area contributed by atoms with Gasteiger partial charge in [0.1, 0.15) is 5.82 Å². The highest BCUT2D eigenvalue weighted by atomic mass is 16.2. The number of benzene rings is 2. The molecule has 6 heteroatoms. The summed E-state index contributed by atoms with van der Waals surface area (Å²) < 4.78 is 0. The molecule has 1 saturated carbocycles. The molecule has 2 aromatic carbocycles. The molecule has 3 aromatic rings. The maximum atomic E-state index is 12.8. The number of hydrogen-bond acceptors (Lipinski definition) is 3. The predicted octanol–water partition coefficient (Wildman–Crippen LogP) is 3.90. The van der Waals surface area contributed by atoms with Crippen LogP contribution in [0.25, 0.3) is 11.0 Å². The van der Waals surface area contributed by atoms with E-state index >= 15 is 0 Å². The number of aromatic amines is 1. The number of amides is 2. The van der Waals surface area contributed by atoms with E-state index < -0.39 is 0 Å². The van der Waals surface area contributed by atoms with E-state index in [1.54, 1.807) is 6.07 Å². The molecule has 148 valence electrons. The zero-order valence-electron chi connectivity index (χ0n) is 16.2. The van der Waals surface area contributed by atoms with Crippen LogP contribution in [0.4, 0.5) is 5.69 Å². The first-order chi connectivity index (χ1) is 14.2. The molecule has 29 heavy (non-hydrogen) atoms. The van der Waals surface area contributed by atoms with E-state index in [-0.39, 0.29) is 17.9 Å². The van der Waals surface area contributed by atoms with Gasteiger partial charge in [0, 0.05) is 29.6 Å². The summed E-state index contributed by atoms with van der Waals surface area (Å²) in [6.45, 7) is 0. The van der Waals surface area contributed by atoms with Gasteiger partial charge in [-0.2, -0.15) is 0 Å². The molecule has 0 saturated heterocycles. The van der Waals surface area contributed by atoms with Gasteiger partial charge in [-0.25, -0.2) is 4.98 Å². The Morgan fingerprint density at radius 3 is 2.90 bits per heavy atom. The summed E-state index contributed by atoms with van der Waals surface area (Å²) in [4.78, 5) is 32.5. The van der Waals surface area contributed by atoms with Crippen molar-refractivity contribution in [3.63, 3.8) is 0 Å². The van der Waals surface area contributed by atoms with Crippen molar-refractivity contribution < 1.29 is 9.59 Å². The van der Waals surface area contributed by atoms with Crippen molar-refractivity contribution in [3.05, 3.63) is 59.4 Å². The van der Waals surface area contributed by atoms with Gasteiger partial charge >= 0.3 is 0 Å². The summed E-state index contributed by atoms with van der Waals surface area (Å²) in [5, 5.41) is 6.08. The van der Waals surface area contributed by atoms with E-state index in [1.807, 2.05) is 36.4 Å². The predicted molar refractivity (Wildman–Crippen MR) is 112 cm³/mol. The van der Waals surface area contributed by atoms with E-state index in [9.17, 15) is 9.59 Å². The van der Waals surface area contributed by atoms with Crippen LogP contribution in [0.1, 0.15) is 59.8 Å². The molecular weight excluding hydrogens is 364 g/mol. The van der Waals surface area contributed by atoms with Crippen LogP contribution in [0, 0.1) is 0 Å². The lowest BCUT2D eigenvalue weighted by Crippen LogP contribution is -2.38. The minimum absolute atomic E-state index is 0.0357. The molecule has 6 nitrogen and oxygen atoms in total. The molecule has 1 aliphatic heterocycles. The number of para-hydroxylation sites is 2. The van der Waals surface area contributed by atoms with Gasteiger partial charge in [-0.05, 0) is 61.6 Å². The lowest BCUT2D eigenvalue weighted by atomic mass is 9.85. The van der Waals surface area contributed by atoms with Crippen LogP contribution in [-0.4, -0.2) is 27.8 Å². The molecule has 5 rings (SSSR count). The molecule has 2 atom stereocenters. The third-order valence-corrected chi connectivity index (χ3v) is 6.07. The molecule has 1 fully saturated rings. The molecule has 0 bridgehead atoms. The highest BCUT2D eigenvalue weighted by Crippen LogP contribution is 2.32. The zero-order valence-corrected chi connectivity index (χ0v) is 16.2. The van der Waals surface area contributed by atoms with Crippen LogP contribution < -0.4 is 10.6 Å². The first-order valence-electron chi connectivity index (χ1n) is 10.3. The molecule has 1 unspecified atom stereocenters. The number of rotatable bonds is 3. The van der Waals surface area contributed by atoms with Crippen LogP contribution >= 0.6 is 0 Å². The lowest BCUT2D eigenvalue weighted by Gasteiger charge is -2.29. The molecular formula is C23H24N4O2. The van der Waals surface area contributed by atoms with Gasteiger partial charge in [0.15, 0.2) is 0 Å². The van der Waals surface area contributed by atoms with E-state index in [4.69, 9.17) is 4.98 Å². The molecule has 2 heterocycles. The number of fused-ring (bicyclic) bond motifs is 2. The molecule has 0 radical (unpaired) electrons. The fraction of sp³-hybridized carbons (Fsp3) is 0.348. The minimum Gasteiger partial charge on any atom is -0.349 e. The van der Waals surface area contributed by atoms with Crippen molar-refractivity contribution in [1.82, 2.24) is 15.3 Å². The van der Waals surface area contributed by atoms with Crippen molar-refractivity contribution in [3.8, 4) is 0 Å². The van der Waals surface area contributed by atoms with Crippen molar-refractivity contribution >= 4 is 28.5 Å². The summed E-state index contributed by atoms with van der Waals surface area (Å²) in [6, 6.07) is 13.8. The largest absolute Gasteiger partial charge is 0.349 e. The second kappa shape index (κ2) is 7.35.